The molecule has 3 rings (SSSR count). The highest BCUT2D eigenvalue weighted by Crippen LogP contribution is 2.26. The predicted molar refractivity (Wildman–Crippen MR) is 116 cm³/mol. The van der Waals surface area contributed by atoms with Crippen molar-refractivity contribution in [1.29, 1.82) is 0 Å². The highest BCUT2D eigenvalue weighted by atomic mass is 35.5. The predicted octanol–water partition coefficient (Wildman–Crippen LogP) is 2.97. The molecule has 156 valence electrons. The van der Waals surface area contributed by atoms with Crippen LogP contribution in [0, 0.1) is 6.92 Å². The first-order chi connectivity index (χ1) is 14.1. The Morgan fingerprint density at radius 1 is 1.10 bits per heavy atom. The van der Waals surface area contributed by atoms with E-state index in [0.717, 1.165) is 31.2 Å². The van der Waals surface area contributed by atoms with Crippen LogP contribution < -0.4 is 19.7 Å². The molecule has 7 heteroatoms. The Morgan fingerprint density at radius 2 is 1.83 bits per heavy atom. The summed E-state index contributed by atoms with van der Waals surface area (Å²) in [5, 5.41) is 3.67. The lowest BCUT2D eigenvalue weighted by Crippen LogP contribution is -2.50. The first-order valence-corrected chi connectivity index (χ1v) is 10.2. The summed E-state index contributed by atoms with van der Waals surface area (Å²) in [6.07, 6.45) is 0. The molecule has 2 aromatic rings. The summed E-state index contributed by atoms with van der Waals surface area (Å²) in [6, 6.07) is 13.5. The average Bonchev–Trinajstić information content (AvgIpc) is 2.74. The molecule has 1 fully saturated rings. The molecule has 2 aromatic carbocycles. The second-order valence-corrected chi connectivity index (χ2v) is 7.48. The fraction of sp³-hybridized carbons (Fsp3) is 0.409. The molecule has 0 spiro atoms. The van der Waals surface area contributed by atoms with Gasteiger partial charge in [0.2, 0.25) is 5.91 Å². The first-order valence-electron chi connectivity index (χ1n) is 9.83. The number of hydrogen-bond donors (Lipinski definition) is 1. The summed E-state index contributed by atoms with van der Waals surface area (Å²) in [5.74, 6) is 1.38. The molecule has 0 radical (unpaired) electrons. The van der Waals surface area contributed by atoms with Crippen molar-refractivity contribution in [3.8, 4) is 11.5 Å². The molecule has 0 aliphatic carbocycles. The molecule has 1 aliphatic heterocycles. The minimum atomic E-state index is 0.0148. The summed E-state index contributed by atoms with van der Waals surface area (Å²) in [5.41, 5.74) is 2.39. The molecule has 1 saturated heterocycles. The average molecular weight is 418 g/mol. The number of halogens is 1. The van der Waals surface area contributed by atoms with Crippen molar-refractivity contribution in [2.75, 3.05) is 57.9 Å². The molecular weight excluding hydrogens is 390 g/mol. The van der Waals surface area contributed by atoms with Gasteiger partial charge in [-0.05, 0) is 36.8 Å². The number of para-hydroxylation sites is 2. The zero-order chi connectivity index (χ0) is 20.6. The molecule has 0 aromatic heterocycles. The van der Waals surface area contributed by atoms with Gasteiger partial charge < -0.3 is 19.7 Å². The molecule has 6 nitrogen and oxygen atoms in total. The van der Waals surface area contributed by atoms with Crippen molar-refractivity contribution in [2.24, 2.45) is 0 Å². The lowest BCUT2D eigenvalue weighted by atomic mass is 10.1. The van der Waals surface area contributed by atoms with Gasteiger partial charge in [0.15, 0.2) is 11.5 Å². The standard InChI is InChI=1S/C22H28ClN3O3/c1-17-7-8-18(23)15-19(17)26-12-10-25(11-13-26)16-22(27)24-9-14-29-21-6-4-3-5-20(21)28-2/h3-8,15H,9-14,16H2,1-2H3,(H,24,27). The number of nitrogens with zero attached hydrogens (tertiary/aromatic N) is 2. The maximum atomic E-state index is 12.2. The number of amides is 1. The molecule has 0 unspecified atom stereocenters. The largest absolute Gasteiger partial charge is 0.493 e. The highest BCUT2D eigenvalue weighted by molar-refractivity contribution is 6.30. The Bertz CT molecular complexity index is 823. The van der Waals surface area contributed by atoms with Gasteiger partial charge in [-0.15, -0.1) is 0 Å². The maximum Gasteiger partial charge on any atom is 0.234 e. The van der Waals surface area contributed by atoms with Crippen LogP contribution in [0.25, 0.3) is 0 Å². The van der Waals surface area contributed by atoms with Crippen LogP contribution in [-0.4, -0.2) is 63.8 Å². The number of rotatable bonds is 8. The zero-order valence-electron chi connectivity index (χ0n) is 17.0. The summed E-state index contributed by atoms with van der Waals surface area (Å²) >= 11 is 6.14. The second kappa shape index (κ2) is 10.4. The van der Waals surface area contributed by atoms with Crippen LogP contribution in [0.2, 0.25) is 5.02 Å². The number of ether oxygens (including phenoxy) is 2. The number of benzene rings is 2. The third-order valence-electron chi connectivity index (χ3n) is 5.00. The first kappa shape index (κ1) is 21.3. The minimum Gasteiger partial charge on any atom is -0.493 e. The Hall–Kier alpha value is -2.44. The molecule has 1 amide bonds. The monoisotopic (exact) mass is 417 g/mol. The summed E-state index contributed by atoms with van der Waals surface area (Å²) in [6.45, 7) is 6.80. The molecule has 29 heavy (non-hydrogen) atoms. The molecule has 0 bridgehead atoms. The lowest BCUT2D eigenvalue weighted by molar-refractivity contribution is -0.122. The van der Waals surface area contributed by atoms with Gasteiger partial charge in [-0.2, -0.15) is 0 Å². The smallest absolute Gasteiger partial charge is 0.234 e. The van der Waals surface area contributed by atoms with Gasteiger partial charge in [0.05, 0.1) is 20.2 Å². The van der Waals surface area contributed by atoms with Gasteiger partial charge in [0.1, 0.15) is 6.61 Å². The van der Waals surface area contributed by atoms with E-state index in [1.54, 1.807) is 7.11 Å². The Morgan fingerprint density at radius 3 is 2.55 bits per heavy atom. The van der Waals surface area contributed by atoms with Crippen molar-refractivity contribution in [1.82, 2.24) is 10.2 Å². The molecule has 1 aliphatic rings. The van der Waals surface area contributed by atoms with E-state index >= 15 is 0 Å². The fourth-order valence-corrected chi connectivity index (χ4v) is 3.58. The van der Waals surface area contributed by atoms with Gasteiger partial charge in [-0.25, -0.2) is 0 Å². The molecule has 0 saturated carbocycles. The molecule has 1 N–H and O–H groups in total. The van der Waals surface area contributed by atoms with Crippen LogP contribution in [0.5, 0.6) is 11.5 Å². The number of aryl methyl sites for hydroxylation is 1. The number of methoxy groups -OCH3 is 1. The van der Waals surface area contributed by atoms with Gasteiger partial charge in [-0.1, -0.05) is 29.8 Å². The molecular formula is C22H28ClN3O3. The number of piperazine rings is 1. The van der Waals surface area contributed by atoms with Crippen molar-refractivity contribution in [3.05, 3.63) is 53.1 Å². The van der Waals surface area contributed by atoms with Gasteiger partial charge in [0, 0.05) is 36.9 Å². The van der Waals surface area contributed by atoms with Crippen LogP contribution in [-0.2, 0) is 4.79 Å². The Balaban J connectivity index is 1.37. The van der Waals surface area contributed by atoms with E-state index in [1.807, 2.05) is 42.5 Å². The molecule has 1 heterocycles. The van der Waals surface area contributed by atoms with Crippen LogP contribution in [0.1, 0.15) is 5.56 Å². The Kier molecular flexibility index (Phi) is 7.61. The lowest BCUT2D eigenvalue weighted by Gasteiger charge is -2.36. The zero-order valence-corrected chi connectivity index (χ0v) is 17.7. The number of carbonyl (C=O) groups excluding carboxylic acids is 1. The summed E-state index contributed by atoms with van der Waals surface area (Å²) in [7, 11) is 1.61. The topological polar surface area (TPSA) is 54.0 Å². The molecule has 0 atom stereocenters. The number of anilines is 1. The Labute approximate surface area is 177 Å². The number of hydrogen-bond acceptors (Lipinski definition) is 5. The number of nitrogens with one attached hydrogen (secondary N) is 1. The van der Waals surface area contributed by atoms with Crippen LogP contribution in [0.3, 0.4) is 0 Å². The van der Waals surface area contributed by atoms with Crippen LogP contribution >= 0.6 is 11.6 Å². The van der Waals surface area contributed by atoms with Gasteiger partial charge in [-0.3, -0.25) is 9.69 Å². The van der Waals surface area contributed by atoms with Crippen molar-refractivity contribution in [3.63, 3.8) is 0 Å². The van der Waals surface area contributed by atoms with E-state index in [4.69, 9.17) is 21.1 Å². The van der Waals surface area contributed by atoms with E-state index in [9.17, 15) is 4.79 Å². The third-order valence-corrected chi connectivity index (χ3v) is 5.24. The van der Waals surface area contributed by atoms with E-state index in [2.05, 4.69) is 22.0 Å². The van der Waals surface area contributed by atoms with E-state index < -0.39 is 0 Å². The van der Waals surface area contributed by atoms with Crippen molar-refractivity contribution >= 4 is 23.2 Å². The van der Waals surface area contributed by atoms with E-state index in [0.29, 0.717) is 31.2 Å². The van der Waals surface area contributed by atoms with Crippen molar-refractivity contribution < 1.29 is 14.3 Å². The van der Waals surface area contributed by atoms with Gasteiger partial charge >= 0.3 is 0 Å². The van der Waals surface area contributed by atoms with Crippen LogP contribution in [0.15, 0.2) is 42.5 Å². The van der Waals surface area contributed by atoms with Crippen molar-refractivity contribution in [2.45, 2.75) is 6.92 Å². The quantitative estimate of drug-likeness (QED) is 0.669. The minimum absolute atomic E-state index is 0.0148. The normalized spacial score (nSPS) is 14.5. The van der Waals surface area contributed by atoms with E-state index in [1.165, 1.54) is 11.3 Å². The summed E-state index contributed by atoms with van der Waals surface area (Å²) < 4.78 is 10.9. The van der Waals surface area contributed by atoms with E-state index in [-0.39, 0.29) is 5.91 Å². The fourth-order valence-electron chi connectivity index (χ4n) is 3.42. The maximum absolute atomic E-state index is 12.2. The van der Waals surface area contributed by atoms with Gasteiger partial charge in [0.25, 0.3) is 0 Å². The highest BCUT2D eigenvalue weighted by Gasteiger charge is 2.20. The second-order valence-electron chi connectivity index (χ2n) is 7.04. The SMILES string of the molecule is COc1ccccc1OCCNC(=O)CN1CCN(c2cc(Cl)ccc2C)CC1. The number of carbonyl (C=O) groups is 1. The summed E-state index contributed by atoms with van der Waals surface area (Å²) in [4.78, 5) is 16.7. The van der Waals surface area contributed by atoms with Crippen LogP contribution in [0.4, 0.5) is 5.69 Å². The third kappa shape index (κ3) is 6.02.